The zero-order chi connectivity index (χ0) is 17.5. The second-order valence-electron chi connectivity index (χ2n) is 7.59. The number of halogens is 2. The molecule has 0 spiro atoms. The number of alkyl halides is 2. The minimum Gasteiger partial charge on any atom is -0.338 e. The lowest BCUT2D eigenvalue weighted by molar-refractivity contribution is -0.0879. The molecule has 7 heteroatoms. The number of hydrogen-bond donors (Lipinski definition) is 2. The van der Waals surface area contributed by atoms with Crippen molar-refractivity contribution < 1.29 is 13.6 Å². The predicted octanol–water partition coefficient (Wildman–Crippen LogP) is 3.98. The van der Waals surface area contributed by atoms with Gasteiger partial charge in [-0.05, 0) is 24.7 Å². The minimum atomic E-state index is -2.57. The third kappa shape index (κ3) is 3.39. The number of carbonyl (C=O) groups excluding carboxylic acids is 1. The van der Waals surface area contributed by atoms with Gasteiger partial charge in [-0.15, -0.1) is 0 Å². The number of carbonyl (C=O) groups is 1. The van der Waals surface area contributed by atoms with Crippen LogP contribution in [0.5, 0.6) is 0 Å². The summed E-state index contributed by atoms with van der Waals surface area (Å²) in [4.78, 5) is 12.1. The van der Waals surface area contributed by atoms with Crippen molar-refractivity contribution >= 4 is 11.8 Å². The molecule has 2 amide bonds. The van der Waals surface area contributed by atoms with Gasteiger partial charge in [0.15, 0.2) is 0 Å². The summed E-state index contributed by atoms with van der Waals surface area (Å²) in [6.45, 7) is 4.64. The predicted molar refractivity (Wildman–Crippen MR) is 88.6 cm³/mol. The Bertz CT molecular complexity index is 614. The standard InChI is InChI=1S/C17H26F2N4O/c1-10(2)9-20-16(24)21-15-13(11-5-4-6-11)14(22-23(15)3)12-7-17(18,19)8-12/h10-12H,4-9H2,1-3H3,(H2,20,21,24). The lowest BCUT2D eigenvalue weighted by atomic mass is 9.73. The lowest BCUT2D eigenvalue weighted by Crippen LogP contribution is -2.35. The Hall–Kier alpha value is -1.66. The molecular weight excluding hydrogens is 314 g/mol. The van der Waals surface area contributed by atoms with Crippen molar-refractivity contribution in [3.8, 4) is 0 Å². The average Bonchev–Trinajstić information content (AvgIpc) is 2.70. The van der Waals surface area contributed by atoms with Gasteiger partial charge in [0.2, 0.25) is 5.92 Å². The van der Waals surface area contributed by atoms with E-state index >= 15 is 0 Å². The van der Waals surface area contributed by atoms with Gasteiger partial charge in [0, 0.05) is 37.9 Å². The molecule has 0 aromatic carbocycles. The van der Waals surface area contributed by atoms with E-state index in [0.717, 1.165) is 30.5 Å². The maximum Gasteiger partial charge on any atom is 0.320 e. The van der Waals surface area contributed by atoms with E-state index in [4.69, 9.17) is 0 Å². The normalized spacial score (nSPS) is 20.6. The van der Waals surface area contributed by atoms with E-state index in [9.17, 15) is 13.6 Å². The van der Waals surface area contributed by atoms with E-state index in [1.807, 2.05) is 13.8 Å². The van der Waals surface area contributed by atoms with Crippen LogP contribution in [-0.4, -0.2) is 28.3 Å². The quantitative estimate of drug-likeness (QED) is 0.852. The molecule has 134 valence electrons. The molecule has 24 heavy (non-hydrogen) atoms. The number of hydrogen-bond acceptors (Lipinski definition) is 2. The van der Waals surface area contributed by atoms with Crippen molar-refractivity contribution in [3.63, 3.8) is 0 Å². The summed E-state index contributed by atoms with van der Waals surface area (Å²) in [7, 11) is 1.76. The van der Waals surface area contributed by atoms with Crippen LogP contribution in [0.1, 0.15) is 69.0 Å². The van der Waals surface area contributed by atoms with Gasteiger partial charge in [0.1, 0.15) is 5.82 Å². The molecule has 1 aromatic heterocycles. The Balaban J connectivity index is 1.80. The maximum absolute atomic E-state index is 13.3. The SMILES string of the molecule is CC(C)CNC(=O)Nc1c(C2CCC2)c(C2CC(F)(F)C2)nn1C. The highest BCUT2D eigenvalue weighted by Gasteiger charge is 2.49. The average molecular weight is 340 g/mol. The van der Waals surface area contributed by atoms with Gasteiger partial charge in [-0.2, -0.15) is 5.10 Å². The number of urea groups is 1. The van der Waals surface area contributed by atoms with Crippen molar-refractivity contribution in [2.24, 2.45) is 13.0 Å². The molecule has 2 N–H and O–H groups in total. The third-order valence-electron chi connectivity index (χ3n) is 5.01. The van der Waals surface area contributed by atoms with Crippen molar-refractivity contribution in [1.29, 1.82) is 0 Å². The zero-order valence-corrected chi connectivity index (χ0v) is 14.5. The molecule has 2 saturated carbocycles. The molecule has 5 nitrogen and oxygen atoms in total. The second-order valence-corrected chi connectivity index (χ2v) is 7.59. The van der Waals surface area contributed by atoms with Crippen LogP contribution >= 0.6 is 0 Å². The van der Waals surface area contributed by atoms with E-state index in [1.54, 1.807) is 11.7 Å². The van der Waals surface area contributed by atoms with E-state index in [0.29, 0.717) is 24.2 Å². The molecule has 1 aromatic rings. The summed E-state index contributed by atoms with van der Waals surface area (Å²) in [6, 6.07) is -0.266. The highest BCUT2D eigenvalue weighted by atomic mass is 19.3. The number of nitrogens with one attached hydrogen (secondary N) is 2. The Labute approximate surface area is 141 Å². The van der Waals surface area contributed by atoms with E-state index in [-0.39, 0.29) is 24.8 Å². The highest BCUT2D eigenvalue weighted by molar-refractivity contribution is 5.89. The van der Waals surface area contributed by atoms with E-state index < -0.39 is 5.92 Å². The van der Waals surface area contributed by atoms with E-state index in [2.05, 4.69) is 15.7 Å². The summed E-state index contributed by atoms with van der Waals surface area (Å²) in [5.41, 5.74) is 1.73. The number of anilines is 1. The number of nitrogens with zero attached hydrogens (tertiary/aromatic N) is 2. The van der Waals surface area contributed by atoms with Crippen LogP contribution in [0.4, 0.5) is 19.4 Å². The van der Waals surface area contributed by atoms with Gasteiger partial charge in [-0.3, -0.25) is 10.00 Å². The van der Waals surface area contributed by atoms with Crippen LogP contribution in [-0.2, 0) is 7.05 Å². The Morgan fingerprint density at radius 3 is 2.50 bits per heavy atom. The molecule has 3 rings (SSSR count). The molecule has 0 saturated heterocycles. The van der Waals surface area contributed by atoms with Crippen LogP contribution in [0, 0.1) is 5.92 Å². The third-order valence-corrected chi connectivity index (χ3v) is 5.01. The van der Waals surface area contributed by atoms with Gasteiger partial charge < -0.3 is 5.32 Å². The summed E-state index contributed by atoms with van der Waals surface area (Å²) >= 11 is 0. The highest BCUT2D eigenvalue weighted by Crippen LogP contribution is 2.52. The number of amides is 2. The first-order valence-electron chi connectivity index (χ1n) is 8.76. The first-order chi connectivity index (χ1) is 11.3. The molecule has 1 heterocycles. The fraction of sp³-hybridized carbons (Fsp3) is 0.765. The Kier molecular flexibility index (Phi) is 4.53. The molecule has 0 atom stereocenters. The van der Waals surface area contributed by atoms with Crippen LogP contribution < -0.4 is 10.6 Å². The van der Waals surface area contributed by atoms with Crippen LogP contribution in [0.25, 0.3) is 0 Å². The summed E-state index contributed by atoms with van der Waals surface area (Å²) in [6.07, 6.45) is 2.93. The number of aryl methyl sites for hydroxylation is 1. The zero-order valence-electron chi connectivity index (χ0n) is 14.5. The van der Waals surface area contributed by atoms with E-state index in [1.165, 1.54) is 0 Å². The van der Waals surface area contributed by atoms with Gasteiger partial charge in [-0.1, -0.05) is 20.3 Å². The topological polar surface area (TPSA) is 59.0 Å². The van der Waals surface area contributed by atoms with Crippen LogP contribution in [0.15, 0.2) is 0 Å². The van der Waals surface area contributed by atoms with Crippen molar-refractivity contribution in [1.82, 2.24) is 15.1 Å². The van der Waals surface area contributed by atoms with Crippen LogP contribution in [0.2, 0.25) is 0 Å². The number of aromatic nitrogens is 2. The fourth-order valence-electron chi connectivity index (χ4n) is 3.41. The van der Waals surface area contributed by atoms with Gasteiger partial charge >= 0.3 is 6.03 Å². The number of rotatable bonds is 5. The second kappa shape index (κ2) is 6.33. The van der Waals surface area contributed by atoms with Crippen molar-refractivity contribution in [3.05, 3.63) is 11.3 Å². The molecule has 0 radical (unpaired) electrons. The minimum absolute atomic E-state index is 0.136. The lowest BCUT2D eigenvalue weighted by Gasteiger charge is -2.36. The maximum atomic E-state index is 13.3. The van der Waals surface area contributed by atoms with Crippen molar-refractivity contribution in [2.45, 2.75) is 63.7 Å². The molecule has 2 aliphatic carbocycles. The first kappa shape index (κ1) is 17.2. The van der Waals surface area contributed by atoms with Gasteiger partial charge in [0.05, 0.1) is 5.69 Å². The smallest absolute Gasteiger partial charge is 0.320 e. The summed E-state index contributed by atoms with van der Waals surface area (Å²) in [5.74, 6) is -1.42. The van der Waals surface area contributed by atoms with Crippen LogP contribution in [0.3, 0.4) is 0 Å². The molecule has 0 unspecified atom stereocenters. The fourth-order valence-corrected chi connectivity index (χ4v) is 3.41. The molecule has 2 fully saturated rings. The Morgan fingerprint density at radius 2 is 2.00 bits per heavy atom. The first-order valence-corrected chi connectivity index (χ1v) is 8.76. The molecular formula is C17H26F2N4O. The monoisotopic (exact) mass is 340 g/mol. The molecule has 0 bridgehead atoms. The van der Waals surface area contributed by atoms with Gasteiger partial charge in [-0.25, -0.2) is 13.6 Å². The summed E-state index contributed by atoms with van der Waals surface area (Å²) < 4.78 is 28.2. The van der Waals surface area contributed by atoms with Gasteiger partial charge in [0.25, 0.3) is 0 Å². The summed E-state index contributed by atoms with van der Waals surface area (Å²) in [5, 5.41) is 10.2. The Morgan fingerprint density at radius 1 is 1.33 bits per heavy atom. The van der Waals surface area contributed by atoms with Crippen molar-refractivity contribution in [2.75, 3.05) is 11.9 Å². The largest absolute Gasteiger partial charge is 0.338 e. The molecule has 0 aliphatic heterocycles. The molecule has 2 aliphatic rings.